The maximum Gasteiger partial charge on any atom is 0.573 e. The molecule has 0 spiro atoms. The van der Waals surface area contributed by atoms with Crippen molar-refractivity contribution >= 4 is 17.6 Å². The van der Waals surface area contributed by atoms with E-state index in [0.29, 0.717) is 31.6 Å². The number of nitrogens with two attached hydrogens (primary N) is 2. The third-order valence-electron chi connectivity index (χ3n) is 3.29. The predicted octanol–water partition coefficient (Wildman–Crippen LogP) is 2.28. The van der Waals surface area contributed by atoms with Gasteiger partial charge in [-0.1, -0.05) is 0 Å². The number of aliphatic imine (C=N–C) groups is 2. The van der Waals surface area contributed by atoms with E-state index in [-0.39, 0.29) is 17.7 Å². The van der Waals surface area contributed by atoms with Crippen LogP contribution in [0.4, 0.5) is 23.2 Å². The highest BCUT2D eigenvalue weighted by Crippen LogP contribution is 2.24. The van der Waals surface area contributed by atoms with Crippen LogP contribution in [0.25, 0.3) is 0 Å². The first-order valence-corrected chi connectivity index (χ1v) is 7.16. The lowest BCUT2D eigenvalue weighted by Crippen LogP contribution is -2.44. The smallest absolute Gasteiger partial charge is 0.406 e. The highest BCUT2D eigenvalue weighted by Gasteiger charge is 2.30. The summed E-state index contributed by atoms with van der Waals surface area (Å²) in [7, 11) is 0. The normalized spacial score (nSPS) is 17.9. The molecule has 0 bridgehead atoms. The second-order valence-corrected chi connectivity index (χ2v) is 5.14. The number of nitrogens with zero attached hydrogens (tertiary/aromatic N) is 3. The van der Waals surface area contributed by atoms with Crippen LogP contribution in [0, 0.1) is 0 Å². The van der Waals surface area contributed by atoms with Crippen LogP contribution in [0.15, 0.2) is 34.3 Å². The van der Waals surface area contributed by atoms with Crippen molar-refractivity contribution in [2.24, 2.45) is 21.5 Å². The molecule has 0 radical (unpaired) electrons. The third-order valence-corrected chi connectivity index (χ3v) is 3.29. The summed E-state index contributed by atoms with van der Waals surface area (Å²) in [4.78, 5) is 9.55. The number of benzene rings is 1. The number of rotatable bonds is 2. The van der Waals surface area contributed by atoms with Crippen LogP contribution >= 0.6 is 0 Å². The number of hydrogen-bond acceptors (Lipinski definition) is 2. The van der Waals surface area contributed by atoms with Gasteiger partial charge in [-0.15, -0.1) is 13.2 Å². The molecule has 24 heavy (non-hydrogen) atoms. The maximum absolute atomic E-state index is 13.1. The van der Waals surface area contributed by atoms with E-state index >= 15 is 0 Å². The molecule has 0 unspecified atom stereocenters. The fourth-order valence-electron chi connectivity index (χ4n) is 2.14. The number of alkyl halides is 4. The minimum atomic E-state index is -4.75. The van der Waals surface area contributed by atoms with Crippen LogP contribution in [0.1, 0.15) is 12.8 Å². The number of hydrogen-bond donors (Lipinski definition) is 2. The van der Waals surface area contributed by atoms with Crippen LogP contribution in [-0.4, -0.2) is 42.4 Å². The molecule has 1 heterocycles. The number of likely N-dealkylation sites (tertiary alicyclic amines) is 1. The van der Waals surface area contributed by atoms with Crippen LogP contribution in [0.5, 0.6) is 5.75 Å². The average Bonchev–Trinajstić information content (AvgIpc) is 2.48. The average molecular weight is 347 g/mol. The quantitative estimate of drug-likeness (QED) is 0.488. The van der Waals surface area contributed by atoms with Gasteiger partial charge in [0.05, 0.1) is 5.69 Å². The molecule has 1 aliphatic heterocycles. The molecular formula is C14H17F4N5O. The van der Waals surface area contributed by atoms with Crippen LogP contribution in [-0.2, 0) is 0 Å². The molecular weight excluding hydrogens is 330 g/mol. The second kappa shape index (κ2) is 7.37. The molecule has 10 heteroatoms. The minimum Gasteiger partial charge on any atom is -0.406 e. The number of guanidine groups is 2. The lowest BCUT2D eigenvalue weighted by Gasteiger charge is -2.29. The number of halogens is 4. The molecule has 6 nitrogen and oxygen atoms in total. The molecule has 2 rings (SSSR count). The van der Waals surface area contributed by atoms with Crippen molar-refractivity contribution in [3.05, 3.63) is 24.3 Å². The molecule has 0 amide bonds. The summed E-state index contributed by atoms with van der Waals surface area (Å²) in [5.41, 5.74) is 11.7. The second-order valence-electron chi connectivity index (χ2n) is 5.14. The fraction of sp³-hybridized carbons (Fsp3) is 0.429. The maximum atomic E-state index is 13.1. The van der Waals surface area contributed by atoms with E-state index in [1.54, 1.807) is 4.90 Å². The first-order valence-electron chi connectivity index (χ1n) is 7.16. The van der Waals surface area contributed by atoms with Gasteiger partial charge in [0.25, 0.3) is 0 Å². The van der Waals surface area contributed by atoms with Gasteiger partial charge in [-0.25, -0.2) is 9.38 Å². The summed E-state index contributed by atoms with van der Waals surface area (Å²) in [6.07, 6.45) is -4.85. The topological polar surface area (TPSA) is 89.2 Å². The van der Waals surface area contributed by atoms with Crippen LogP contribution < -0.4 is 16.2 Å². The van der Waals surface area contributed by atoms with E-state index in [9.17, 15) is 17.6 Å². The van der Waals surface area contributed by atoms with Crippen LogP contribution in [0.3, 0.4) is 0 Å². The Balaban J connectivity index is 2.00. The van der Waals surface area contributed by atoms with Gasteiger partial charge >= 0.3 is 6.36 Å². The van der Waals surface area contributed by atoms with E-state index in [1.165, 1.54) is 12.1 Å². The van der Waals surface area contributed by atoms with Gasteiger partial charge in [-0.2, -0.15) is 4.99 Å². The Morgan fingerprint density at radius 1 is 1.12 bits per heavy atom. The SMILES string of the molecule is NC(=Nc1ccc(OC(F)(F)F)cc1)/N=C(\N)N1CCC(F)CC1. The van der Waals surface area contributed by atoms with Crippen molar-refractivity contribution in [2.45, 2.75) is 25.4 Å². The zero-order valence-electron chi connectivity index (χ0n) is 12.6. The molecule has 1 aromatic rings. The Kier molecular flexibility index (Phi) is 5.47. The van der Waals surface area contributed by atoms with E-state index in [4.69, 9.17) is 11.5 Å². The minimum absolute atomic E-state index is 0.125. The van der Waals surface area contributed by atoms with Crippen molar-refractivity contribution in [1.82, 2.24) is 4.90 Å². The number of piperidine rings is 1. The standard InChI is InChI=1S/C14H17F4N5O/c15-9-5-7-23(8-6-9)13(20)22-12(19)21-10-1-3-11(4-2-10)24-14(16,17)18/h1-4,9H,5-8H2,(H4,19,20,21,22). The van der Waals surface area contributed by atoms with Crippen molar-refractivity contribution in [3.63, 3.8) is 0 Å². The summed E-state index contributed by atoms with van der Waals surface area (Å²) in [6.45, 7) is 0.876. The first-order chi connectivity index (χ1) is 11.2. The van der Waals surface area contributed by atoms with E-state index in [2.05, 4.69) is 14.7 Å². The molecule has 4 N–H and O–H groups in total. The van der Waals surface area contributed by atoms with E-state index in [1.807, 2.05) is 0 Å². The predicted molar refractivity (Wildman–Crippen MR) is 81.7 cm³/mol. The van der Waals surface area contributed by atoms with Gasteiger partial charge in [-0.05, 0) is 37.1 Å². The fourth-order valence-corrected chi connectivity index (χ4v) is 2.14. The molecule has 1 fully saturated rings. The highest BCUT2D eigenvalue weighted by atomic mass is 19.4. The third kappa shape index (κ3) is 5.60. The summed E-state index contributed by atoms with van der Waals surface area (Å²) < 4.78 is 53.0. The van der Waals surface area contributed by atoms with Gasteiger partial charge in [0.15, 0.2) is 5.96 Å². The van der Waals surface area contributed by atoms with Gasteiger partial charge in [0.1, 0.15) is 11.9 Å². The zero-order chi connectivity index (χ0) is 17.7. The summed E-state index contributed by atoms with van der Waals surface area (Å²) in [5.74, 6) is -0.392. The largest absolute Gasteiger partial charge is 0.573 e. The molecule has 1 aromatic carbocycles. The molecule has 1 aliphatic rings. The van der Waals surface area contributed by atoms with Crippen molar-refractivity contribution in [2.75, 3.05) is 13.1 Å². The van der Waals surface area contributed by atoms with Crippen molar-refractivity contribution < 1.29 is 22.3 Å². The van der Waals surface area contributed by atoms with Gasteiger partial charge in [-0.3, -0.25) is 0 Å². The van der Waals surface area contributed by atoms with Crippen molar-refractivity contribution in [3.8, 4) is 5.75 Å². The molecule has 0 aromatic heterocycles. The Morgan fingerprint density at radius 2 is 1.71 bits per heavy atom. The Morgan fingerprint density at radius 3 is 2.25 bits per heavy atom. The Labute approximate surface area is 135 Å². The summed E-state index contributed by atoms with van der Waals surface area (Å²) >= 11 is 0. The van der Waals surface area contributed by atoms with Gasteiger partial charge < -0.3 is 21.1 Å². The van der Waals surface area contributed by atoms with E-state index in [0.717, 1.165) is 12.1 Å². The zero-order valence-corrected chi connectivity index (χ0v) is 12.6. The molecule has 132 valence electrons. The lowest BCUT2D eigenvalue weighted by molar-refractivity contribution is -0.274. The van der Waals surface area contributed by atoms with Gasteiger partial charge in [0.2, 0.25) is 5.96 Å². The number of ether oxygens (including phenoxy) is 1. The molecule has 1 saturated heterocycles. The van der Waals surface area contributed by atoms with E-state index < -0.39 is 12.5 Å². The first kappa shape index (κ1) is 17.8. The monoisotopic (exact) mass is 347 g/mol. The molecule has 0 saturated carbocycles. The molecule has 0 atom stereocenters. The lowest BCUT2D eigenvalue weighted by atomic mass is 10.1. The Hall–Kier alpha value is -2.52. The van der Waals surface area contributed by atoms with Crippen molar-refractivity contribution in [1.29, 1.82) is 0 Å². The molecule has 0 aliphatic carbocycles. The summed E-state index contributed by atoms with van der Waals surface area (Å²) in [5, 5.41) is 0. The summed E-state index contributed by atoms with van der Waals surface area (Å²) in [6, 6.07) is 4.82. The Bertz CT molecular complexity index is 607. The highest BCUT2D eigenvalue weighted by molar-refractivity contribution is 5.94. The van der Waals surface area contributed by atoms with Crippen LogP contribution in [0.2, 0.25) is 0 Å². The van der Waals surface area contributed by atoms with Gasteiger partial charge in [0, 0.05) is 13.1 Å².